The van der Waals surface area contributed by atoms with Crippen molar-refractivity contribution in [3.8, 4) is 0 Å². The lowest BCUT2D eigenvalue weighted by Crippen LogP contribution is -2.36. The minimum absolute atomic E-state index is 0.169. The van der Waals surface area contributed by atoms with Gasteiger partial charge in [-0.2, -0.15) is 0 Å². The predicted octanol–water partition coefficient (Wildman–Crippen LogP) is 3.71. The highest BCUT2D eigenvalue weighted by molar-refractivity contribution is 5.94. The van der Waals surface area contributed by atoms with Crippen LogP contribution in [0.3, 0.4) is 0 Å². The molecule has 1 aromatic rings. The third-order valence-corrected chi connectivity index (χ3v) is 2.72. The van der Waals surface area contributed by atoms with Crippen LogP contribution >= 0.6 is 0 Å². The Hall–Kier alpha value is -1.58. The quantitative estimate of drug-likeness (QED) is 0.870. The number of aromatic carboxylic acids is 1. The number of aromatic nitrogens is 1. The fourth-order valence-corrected chi connectivity index (χ4v) is 2.57. The number of pyridine rings is 1. The van der Waals surface area contributed by atoms with Gasteiger partial charge in [-0.25, -0.2) is 4.79 Å². The molecule has 0 aliphatic heterocycles. The first-order valence-electron chi connectivity index (χ1n) is 6.48. The van der Waals surface area contributed by atoms with Gasteiger partial charge < -0.3 is 10.4 Å². The molecule has 4 heteroatoms. The van der Waals surface area contributed by atoms with Crippen molar-refractivity contribution >= 4 is 11.7 Å². The maximum atomic E-state index is 11.2. The van der Waals surface area contributed by atoms with Gasteiger partial charge in [-0.15, -0.1) is 0 Å². The van der Waals surface area contributed by atoms with Crippen molar-refractivity contribution in [3.63, 3.8) is 0 Å². The Morgan fingerprint density at radius 3 is 2.37 bits per heavy atom. The average molecular weight is 264 g/mol. The molecule has 2 N–H and O–H groups in total. The Bertz CT molecular complexity index is 474. The molecule has 0 unspecified atom stereocenters. The van der Waals surface area contributed by atoms with Gasteiger partial charge in [-0.3, -0.25) is 4.98 Å². The van der Waals surface area contributed by atoms with Crippen molar-refractivity contribution in [2.45, 2.75) is 53.5 Å². The van der Waals surface area contributed by atoms with Crippen LogP contribution in [0, 0.1) is 12.3 Å². The minimum atomic E-state index is -0.957. The zero-order chi connectivity index (χ0) is 14.8. The minimum Gasteiger partial charge on any atom is -0.478 e. The molecule has 0 spiro atoms. The molecule has 0 aliphatic carbocycles. The second-order valence-corrected chi connectivity index (χ2v) is 6.92. The second-order valence-electron chi connectivity index (χ2n) is 6.92. The summed E-state index contributed by atoms with van der Waals surface area (Å²) in [6.45, 7) is 12.5. The molecule has 4 nitrogen and oxygen atoms in total. The van der Waals surface area contributed by atoms with E-state index in [4.69, 9.17) is 0 Å². The number of anilines is 1. The molecule has 0 aliphatic rings. The Balaban J connectivity index is 3.04. The molecular weight excluding hydrogens is 240 g/mol. The molecule has 106 valence electrons. The van der Waals surface area contributed by atoms with Gasteiger partial charge >= 0.3 is 5.97 Å². The van der Waals surface area contributed by atoms with Crippen molar-refractivity contribution in [2.75, 3.05) is 5.32 Å². The number of hydrogen-bond acceptors (Lipinski definition) is 3. The van der Waals surface area contributed by atoms with Crippen LogP contribution in [0.5, 0.6) is 0 Å². The number of rotatable bonds is 4. The van der Waals surface area contributed by atoms with E-state index in [2.05, 4.69) is 44.9 Å². The standard InChI is InChI=1S/C15H24N2O2/c1-10-7-12(11(8-16-10)13(18)19)17-15(5,6)9-14(2,3)4/h7-8H,9H2,1-6H3,(H,16,17)(H,18,19). The third kappa shape index (κ3) is 4.89. The van der Waals surface area contributed by atoms with Crippen molar-refractivity contribution in [1.29, 1.82) is 0 Å². The number of aryl methyl sites for hydroxylation is 1. The first-order valence-corrected chi connectivity index (χ1v) is 6.48. The van der Waals surface area contributed by atoms with Gasteiger partial charge in [0.25, 0.3) is 0 Å². The number of nitrogens with zero attached hydrogens (tertiary/aromatic N) is 1. The van der Waals surface area contributed by atoms with Crippen molar-refractivity contribution in [3.05, 3.63) is 23.5 Å². The maximum absolute atomic E-state index is 11.2. The topological polar surface area (TPSA) is 62.2 Å². The summed E-state index contributed by atoms with van der Waals surface area (Å²) in [6, 6.07) is 1.79. The van der Waals surface area contributed by atoms with Crippen LogP contribution in [-0.4, -0.2) is 21.6 Å². The molecule has 0 atom stereocenters. The highest BCUT2D eigenvalue weighted by Crippen LogP contribution is 2.30. The molecule has 0 aromatic carbocycles. The number of hydrogen-bond donors (Lipinski definition) is 2. The zero-order valence-electron chi connectivity index (χ0n) is 12.7. The van der Waals surface area contributed by atoms with E-state index in [9.17, 15) is 9.90 Å². The lowest BCUT2D eigenvalue weighted by Gasteiger charge is -2.34. The van der Waals surface area contributed by atoms with Crippen LogP contribution < -0.4 is 5.32 Å². The van der Waals surface area contributed by atoms with E-state index in [-0.39, 0.29) is 16.5 Å². The van der Waals surface area contributed by atoms with E-state index >= 15 is 0 Å². The number of carbonyl (C=O) groups is 1. The molecule has 19 heavy (non-hydrogen) atoms. The Morgan fingerprint density at radius 1 is 1.32 bits per heavy atom. The van der Waals surface area contributed by atoms with Gasteiger partial charge in [-0.05, 0) is 38.7 Å². The third-order valence-electron chi connectivity index (χ3n) is 2.72. The van der Waals surface area contributed by atoms with Gasteiger partial charge in [0.05, 0.1) is 5.69 Å². The Morgan fingerprint density at radius 2 is 1.89 bits per heavy atom. The first kappa shape index (κ1) is 15.5. The van der Waals surface area contributed by atoms with Gasteiger partial charge in [0.1, 0.15) is 5.56 Å². The number of nitrogens with one attached hydrogen (secondary N) is 1. The first-order chi connectivity index (χ1) is 8.50. The Labute approximate surface area is 115 Å². The van der Waals surface area contributed by atoms with Crippen LogP contribution in [0.15, 0.2) is 12.3 Å². The van der Waals surface area contributed by atoms with E-state index in [1.54, 1.807) is 6.07 Å². The van der Waals surface area contributed by atoms with Crippen molar-refractivity contribution in [1.82, 2.24) is 4.98 Å². The summed E-state index contributed by atoms with van der Waals surface area (Å²) in [7, 11) is 0. The van der Waals surface area contributed by atoms with E-state index in [0.29, 0.717) is 5.69 Å². The molecule has 0 bridgehead atoms. The molecule has 0 saturated carbocycles. The highest BCUT2D eigenvalue weighted by atomic mass is 16.4. The van der Waals surface area contributed by atoms with E-state index in [0.717, 1.165) is 12.1 Å². The summed E-state index contributed by atoms with van der Waals surface area (Å²) >= 11 is 0. The number of carboxylic acid groups (broad SMARTS) is 1. The highest BCUT2D eigenvalue weighted by Gasteiger charge is 2.26. The molecule has 0 amide bonds. The zero-order valence-corrected chi connectivity index (χ0v) is 12.7. The van der Waals surface area contributed by atoms with E-state index in [1.807, 2.05) is 6.92 Å². The van der Waals surface area contributed by atoms with Gasteiger partial charge in [0, 0.05) is 17.4 Å². The van der Waals surface area contributed by atoms with Gasteiger partial charge in [0.15, 0.2) is 0 Å². The summed E-state index contributed by atoms with van der Waals surface area (Å²) in [5, 5.41) is 12.6. The summed E-state index contributed by atoms with van der Waals surface area (Å²) in [5.74, 6) is -0.957. The lowest BCUT2D eigenvalue weighted by atomic mass is 9.81. The Kier molecular flexibility index (Phi) is 4.23. The SMILES string of the molecule is Cc1cc(NC(C)(C)CC(C)(C)C)c(C(=O)O)cn1. The fourth-order valence-electron chi connectivity index (χ4n) is 2.57. The molecular formula is C15H24N2O2. The normalized spacial score (nSPS) is 12.3. The van der Waals surface area contributed by atoms with Crippen molar-refractivity contribution < 1.29 is 9.90 Å². The maximum Gasteiger partial charge on any atom is 0.339 e. The van der Waals surface area contributed by atoms with E-state index in [1.165, 1.54) is 6.20 Å². The predicted molar refractivity (Wildman–Crippen MR) is 77.7 cm³/mol. The van der Waals surface area contributed by atoms with Crippen LogP contribution in [0.1, 0.15) is 57.1 Å². The summed E-state index contributed by atoms with van der Waals surface area (Å²) in [5.41, 5.74) is 1.64. The lowest BCUT2D eigenvalue weighted by molar-refractivity contribution is 0.0697. The van der Waals surface area contributed by atoms with Gasteiger partial charge in [-0.1, -0.05) is 20.8 Å². The smallest absolute Gasteiger partial charge is 0.339 e. The summed E-state index contributed by atoms with van der Waals surface area (Å²) in [4.78, 5) is 15.3. The molecule has 0 fully saturated rings. The van der Waals surface area contributed by atoms with Crippen molar-refractivity contribution in [2.24, 2.45) is 5.41 Å². The monoisotopic (exact) mass is 264 g/mol. The van der Waals surface area contributed by atoms with Gasteiger partial charge in [0.2, 0.25) is 0 Å². The summed E-state index contributed by atoms with van der Waals surface area (Å²) in [6.07, 6.45) is 2.34. The van der Waals surface area contributed by atoms with E-state index < -0.39 is 5.97 Å². The van der Waals surface area contributed by atoms with Crippen LogP contribution in [0.4, 0.5) is 5.69 Å². The van der Waals surface area contributed by atoms with Crippen LogP contribution in [0.25, 0.3) is 0 Å². The largest absolute Gasteiger partial charge is 0.478 e. The molecule has 1 aromatic heterocycles. The molecule has 1 heterocycles. The average Bonchev–Trinajstić information content (AvgIpc) is 2.11. The fraction of sp³-hybridized carbons (Fsp3) is 0.600. The molecule has 0 saturated heterocycles. The molecule has 1 rings (SSSR count). The molecule has 0 radical (unpaired) electrons. The second kappa shape index (κ2) is 5.19. The summed E-state index contributed by atoms with van der Waals surface area (Å²) < 4.78 is 0. The van der Waals surface area contributed by atoms with Crippen LogP contribution in [0.2, 0.25) is 0 Å². The number of carboxylic acids is 1. The van der Waals surface area contributed by atoms with Crippen LogP contribution in [-0.2, 0) is 0 Å².